The van der Waals surface area contributed by atoms with Crippen LogP contribution < -0.4 is 15.0 Å². The molecule has 2 amide bonds. The average Bonchev–Trinajstić information content (AvgIpc) is 3.37. The zero-order valence-electron chi connectivity index (χ0n) is 20.8. The molecule has 1 aliphatic heterocycles. The van der Waals surface area contributed by atoms with Crippen molar-refractivity contribution < 1.29 is 14.1 Å². The number of carbonyl (C=O) groups is 1. The predicted octanol–water partition coefficient (Wildman–Crippen LogP) is 6.45. The molecular formula is C29H28N4O3. The van der Waals surface area contributed by atoms with Crippen LogP contribution in [-0.4, -0.2) is 22.8 Å². The fraction of sp³-hybridized carbons (Fsp3) is 0.207. The molecule has 1 unspecified atom stereocenters. The number of carbonyl (C=O) groups excluding carboxylic acids is 1. The van der Waals surface area contributed by atoms with Crippen LogP contribution in [0.25, 0.3) is 17.0 Å². The number of ether oxygens (including phenoxy) is 1. The van der Waals surface area contributed by atoms with E-state index in [1.165, 1.54) is 0 Å². The van der Waals surface area contributed by atoms with Crippen molar-refractivity contribution in [1.82, 2.24) is 15.5 Å². The molecule has 0 bridgehead atoms. The third kappa shape index (κ3) is 4.35. The third-order valence-corrected chi connectivity index (χ3v) is 6.45. The Kier molecular flexibility index (Phi) is 6.29. The lowest BCUT2D eigenvalue weighted by Gasteiger charge is -2.35. The zero-order valence-corrected chi connectivity index (χ0v) is 20.8. The number of anilines is 1. The van der Waals surface area contributed by atoms with Gasteiger partial charge >= 0.3 is 6.03 Å². The van der Waals surface area contributed by atoms with Gasteiger partial charge in [0.1, 0.15) is 5.75 Å². The fourth-order valence-electron chi connectivity index (χ4n) is 4.41. The van der Waals surface area contributed by atoms with Crippen LogP contribution in [-0.2, 0) is 0 Å². The standard InChI is InChI=1S/C29H28N4O3/c1-5-35-24-15-12-21(13-16-24)26-25(28-31-27(32-36-28)22-9-7-6-8-10-22)20(4)33(29(34)30-26)23-14-11-18(2)19(3)17-23/h6-17,26H,5H2,1-4H3,(H,30,34). The molecule has 36 heavy (non-hydrogen) atoms. The normalized spacial score (nSPS) is 15.7. The molecule has 0 radical (unpaired) electrons. The summed E-state index contributed by atoms with van der Waals surface area (Å²) in [6.45, 7) is 8.53. The maximum atomic E-state index is 13.4. The lowest BCUT2D eigenvalue weighted by molar-refractivity contribution is 0.244. The molecule has 182 valence electrons. The molecule has 4 aromatic rings. The molecule has 7 nitrogen and oxygen atoms in total. The number of hydrogen-bond acceptors (Lipinski definition) is 5. The van der Waals surface area contributed by atoms with E-state index in [9.17, 15) is 4.79 Å². The lowest BCUT2D eigenvalue weighted by Crippen LogP contribution is -2.46. The number of amides is 2. The molecule has 0 saturated heterocycles. The van der Waals surface area contributed by atoms with Gasteiger partial charge in [0.2, 0.25) is 5.82 Å². The minimum atomic E-state index is -0.472. The lowest BCUT2D eigenvalue weighted by atomic mass is 9.94. The first-order valence-corrected chi connectivity index (χ1v) is 12.0. The first-order valence-electron chi connectivity index (χ1n) is 12.0. The first kappa shape index (κ1) is 23.4. The van der Waals surface area contributed by atoms with Crippen LogP contribution in [0.5, 0.6) is 5.75 Å². The fourth-order valence-corrected chi connectivity index (χ4v) is 4.41. The van der Waals surface area contributed by atoms with E-state index in [-0.39, 0.29) is 6.03 Å². The number of aromatic nitrogens is 2. The second-order valence-electron chi connectivity index (χ2n) is 8.78. The van der Waals surface area contributed by atoms with E-state index in [1.54, 1.807) is 4.90 Å². The van der Waals surface area contributed by atoms with E-state index >= 15 is 0 Å². The third-order valence-electron chi connectivity index (χ3n) is 6.45. The Morgan fingerprint density at radius 2 is 1.72 bits per heavy atom. The summed E-state index contributed by atoms with van der Waals surface area (Å²) in [5.41, 5.74) is 6.26. The number of nitrogens with one attached hydrogen (secondary N) is 1. The first-order chi connectivity index (χ1) is 17.5. The highest BCUT2D eigenvalue weighted by Gasteiger charge is 2.36. The molecule has 1 N–H and O–H groups in total. The van der Waals surface area contributed by atoms with Crippen LogP contribution in [0, 0.1) is 13.8 Å². The zero-order chi connectivity index (χ0) is 25.2. The average molecular weight is 481 g/mol. The van der Waals surface area contributed by atoms with Crippen molar-refractivity contribution in [3.05, 3.63) is 101 Å². The summed E-state index contributed by atoms with van der Waals surface area (Å²) in [7, 11) is 0. The Labute approximate surface area is 210 Å². The van der Waals surface area contributed by atoms with Gasteiger partial charge in [-0.05, 0) is 68.7 Å². The van der Waals surface area contributed by atoms with Crippen molar-refractivity contribution in [3.8, 4) is 17.1 Å². The van der Waals surface area contributed by atoms with Crippen LogP contribution in [0.1, 0.15) is 42.5 Å². The van der Waals surface area contributed by atoms with Gasteiger partial charge in [-0.1, -0.05) is 53.7 Å². The van der Waals surface area contributed by atoms with Gasteiger partial charge in [0.05, 0.1) is 23.9 Å². The second kappa shape index (κ2) is 9.70. The molecular weight excluding hydrogens is 452 g/mol. The number of allylic oxidation sites excluding steroid dienone is 1. The van der Waals surface area contributed by atoms with Crippen LogP contribution in [0.4, 0.5) is 10.5 Å². The van der Waals surface area contributed by atoms with Crippen molar-refractivity contribution in [2.45, 2.75) is 33.7 Å². The molecule has 0 saturated carbocycles. The molecule has 1 aliphatic rings. The molecule has 2 heterocycles. The molecule has 0 aliphatic carbocycles. The summed E-state index contributed by atoms with van der Waals surface area (Å²) < 4.78 is 11.4. The SMILES string of the molecule is CCOc1ccc(C2NC(=O)N(c3ccc(C)c(C)c3)C(C)=C2c2nc(-c3ccccc3)no2)cc1. The number of benzene rings is 3. The van der Waals surface area contributed by atoms with E-state index in [0.717, 1.165) is 45.0 Å². The van der Waals surface area contributed by atoms with Crippen molar-refractivity contribution >= 4 is 17.3 Å². The van der Waals surface area contributed by atoms with Crippen molar-refractivity contribution in [2.75, 3.05) is 11.5 Å². The number of rotatable bonds is 6. The van der Waals surface area contributed by atoms with Crippen LogP contribution in [0.3, 0.4) is 0 Å². The maximum absolute atomic E-state index is 13.4. The summed E-state index contributed by atoms with van der Waals surface area (Å²) in [6.07, 6.45) is 0. The van der Waals surface area contributed by atoms with Gasteiger partial charge in [-0.2, -0.15) is 4.98 Å². The Morgan fingerprint density at radius 3 is 2.42 bits per heavy atom. The van der Waals surface area contributed by atoms with E-state index in [0.29, 0.717) is 18.3 Å². The summed E-state index contributed by atoms with van der Waals surface area (Å²) in [4.78, 5) is 19.8. The Bertz CT molecular complexity index is 1420. The largest absolute Gasteiger partial charge is 0.494 e. The number of urea groups is 1. The van der Waals surface area contributed by atoms with Crippen LogP contribution in [0.15, 0.2) is 83.0 Å². The van der Waals surface area contributed by atoms with E-state index in [4.69, 9.17) is 14.2 Å². The molecule has 1 aromatic heterocycles. The van der Waals surface area contributed by atoms with Crippen LogP contribution in [0.2, 0.25) is 0 Å². The highest BCUT2D eigenvalue weighted by atomic mass is 16.5. The van der Waals surface area contributed by atoms with Gasteiger partial charge in [0.15, 0.2) is 0 Å². The molecule has 3 aromatic carbocycles. The van der Waals surface area contributed by atoms with Gasteiger partial charge in [0.25, 0.3) is 5.89 Å². The van der Waals surface area contributed by atoms with Gasteiger partial charge in [-0.3, -0.25) is 4.90 Å². The van der Waals surface area contributed by atoms with Gasteiger partial charge in [0, 0.05) is 11.3 Å². The number of aryl methyl sites for hydroxylation is 2. The minimum Gasteiger partial charge on any atom is -0.494 e. The maximum Gasteiger partial charge on any atom is 0.326 e. The quantitative estimate of drug-likeness (QED) is 0.343. The van der Waals surface area contributed by atoms with Gasteiger partial charge < -0.3 is 14.6 Å². The number of nitrogens with zero attached hydrogens (tertiary/aromatic N) is 3. The second-order valence-corrected chi connectivity index (χ2v) is 8.78. The molecule has 5 rings (SSSR count). The highest BCUT2D eigenvalue weighted by molar-refractivity contribution is 6.01. The van der Waals surface area contributed by atoms with E-state index < -0.39 is 6.04 Å². The molecule has 0 spiro atoms. The Hall–Kier alpha value is -4.39. The van der Waals surface area contributed by atoms with E-state index in [2.05, 4.69) is 17.4 Å². The molecule has 0 fully saturated rings. The molecule has 1 atom stereocenters. The predicted molar refractivity (Wildman–Crippen MR) is 140 cm³/mol. The van der Waals surface area contributed by atoms with E-state index in [1.807, 2.05) is 93.6 Å². The highest BCUT2D eigenvalue weighted by Crippen LogP contribution is 2.39. The number of hydrogen-bond donors (Lipinski definition) is 1. The summed E-state index contributed by atoms with van der Waals surface area (Å²) in [5, 5.41) is 7.39. The molecule has 7 heteroatoms. The van der Waals surface area contributed by atoms with Crippen LogP contribution >= 0.6 is 0 Å². The Morgan fingerprint density at radius 1 is 0.972 bits per heavy atom. The van der Waals surface area contributed by atoms with Gasteiger partial charge in [-0.15, -0.1) is 0 Å². The van der Waals surface area contributed by atoms with Crippen molar-refractivity contribution in [1.29, 1.82) is 0 Å². The van der Waals surface area contributed by atoms with Crippen molar-refractivity contribution in [3.63, 3.8) is 0 Å². The summed E-state index contributed by atoms with van der Waals surface area (Å²) in [5.74, 6) is 1.62. The monoisotopic (exact) mass is 480 g/mol. The van der Waals surface area contributed by atoms with Gasteiger partial charge in [-0.25, -0.2) is 4.79 Å². The Balaban J connectivity index is 1.63. The van der Waals surface area contributed by atoms with Crippen molar-refractivity contribution in [2.24, 2.45) is 0 Å². The summed E-state index contributed by atoms with van der Waals surface area (Å²) >= 11 is 0. The topological polar surface area (TPSA) is 80.5 Å². The smallest absolute Gasteiger partial charge is 0.326 e. The minimum absolute atomic E-state index is 0.221. The summed E-state index contributed by atoms with van der Waals surface area (Å²) in [6, 6.07) is 22.7.